The first kappa shape index (κ1) is 18.5. The molecular formula is C23H23FN6. The van der Waals surface area contributed by atoms with Gasteiger partial charge in [-0.25, -0.2) is 9.07 Å². The zero-order valence-electron chi connectivity index (χ0n) is 16.8. The summed E-state index contributed by atoms with van der Waals surface area (Å²) in [5.74, 6) is 1.81. The Bertz CT molecular complexity index is 1150. The van der Waals surface area contributed by atoms with E-state index in [2.05, 4.69) is 22.2 Å². The molecule has 1 N–H and O–H groups in total. The van der Waals surface area contributed by atoms with Gasteiger partial charge in [0.2, 0.25) is 5.95 Å². The minimum absolute atomic E-state index is 0.270. The zero-order chi connectivity index (χ0) is 20.5. The fourth-order valence-corrected chi connectivity index (χ4v) is 3.77. The van der Waals surface area contributed by atoms with Crippen molar-refractivity contribution in [3.05, 3.63) is 66.6 Å². The van der Waals surface area contributed by atoms with Crippen molar-refractivity contribution in [1.29, 1.82) is 0 Å². The smallest absolute Gasteiger partial charge is 0.229 e. The molecule has 1 aliphatic rings. The highest BCUT2D eigenvalue weighted by Crippen LogP contribution is 2.29. The largest absolute Gasteiger partial charge is 0.341 e. The number of piperidine rings is 1. The Labute approximate surface area is 174 Å². The van der Waals surface area contributed by atoms with Crippen LogP contribution >= 0.6 is 0 Å². The standard InChI is InChI=1S/C23H23FN6/c1-16-11-13-29(14-12-16)23-27-21(26-18-9-7-17(24)8-10-18)20-15-25-30(22(20)28-23)19-5-3-2-4-6-19/h2-10,15-16H,11-14H2,1H3,(H,26,27,28). The molecule has 4 aromatic rings. The lowest BCUT2D eigenvalue weighted by atomic mass is 10.00. The van der Waals surface area contributed by atoms with E-state index in [0.717, 1.165) is 54.3 Å². The Balaban J connectivity index is 1.61. The van der Waals surface area contributed by atoms with E-state index in [-0.39, 0.29) is 5.82 Å². The van der Waals surface area contributed by atoms with Crippen LogP contribution in [0.1, 0.15) is 19.8 Å². The molecule has 7 heteroatoms. The van der Waals surface area contributed by atoms with E-state index in [1.165, 1.54) is 12.1 Å². The van der Waals surface area contributed by atoms with Gasteiger partial charge in [0.25, 0.3) is 0 Å². The Kier molecular flexibility index (Phi) is 4.78. The van der Waals surface area contributed by atoms with Crippen LogP contribution in [0.4, 0.5) is 21.8 Å². The van der Waals surface area contributed by atoms with E-state index in [4.69, 9.17) is 9.97 Å². The van der Waals surface area contributed by atoms with Gasteiger partial charge in [0.05, 0.1) is 17.3 Å². The number of nitrogens with one attached hydrogen (secondary N) is 1. The maximum absolute atomic E-state index is 13.3. The predicted molar refractivity (Wildman–Crippen MR) is 117 cm³/mol. The number of hydrogen-bond donors (Lipinski definition) is 1. The number of rotatable bonds is 4. The molecule has 6 nitrogen and oxygen atoms in total. The summed E-state index contributed by atoms with van der Waals surface area (Å²) in [6.45, 7) is 4.15. The highest BCUT2D eigenvalue weighted by molar-refractivity contribution is 5.90. The third-order valence-electron chi connectivity index (χ3n) is 5.59. The van der Waals surface area contributed by atoms with Gasteiger partial charge in [0.15, 0.2) is 5.65 Å². The molecule has 1 saturated heterocycles. The summed E-state index contributed by atoms with van der Waals surface area (Å²) in [5, 5.41) is 8.72. The SMILES string of the molecule is CC1CCN(c2nc(Nc3ccc(F)cc3)c3cnn(-c4ccccc4)c3n2)CC1. The number of anilines is 3. The molecule has 0 bridgehead atoms. The van der Waals surface area contributed by atoms with Crippen LogP contribution in [0.5, 0.6) is 0 Å². The van der Waals surface area contributed by atoms with Crippen LogP contribution in [-0.4, -0.2) is 32.8 Å². The Hall–Kier alpha value is -3.48. The fraction of sp³-hybridized carbons (Fsp3) is 0.261. The second-order valence-corrected chi connectivity index (χ2v) is 7.80. The van der Waals surface area contributed by atoms with Crippen molar-refractivity contribution in [2.24, 2.45) is 5.92 Å². The number of aromatic nitrogens is 4. The highest BCUT2D eigenvalue weighted by atomic mass is 19.1. The van der Waals surface area contributed by atoms with Gasteiger partial charge in [-0.15, -0.1) is 0 Å². The van der Waals surface area contributed by atoms with Gasteiger partial charge in [-0.05, 0) is 55.2 Å². The van der Waals surface area contributed by atoms with Crippen LogP contribution in [0.3, 0.4) is 0 Å². The van der Waals surface area contributed by atoms with E-state index in [0.29, 0.717) is 11.8 Å². The van der Waals surface area contributed by atoms with E-state index < -0.39 is 0 Å². The van der Waals surface area contributed by atoms with Crippen molar-refractivity contribution < 1.29 is 4.39 Å². The van der Waals surface area contributed by atoms with Crippen LogP contribution in [0.15, 0.2) is 60.8 Å². The second-order valence-electron chi connectivity index (χ2n) is 7.80. The first-order valence-electron chi connectivity index (χ1n) is 10.3. The normalized spacial score (nSPS) is 14.9. The third-order valence-corrected chi connectivity index (χ3v) is 5.59. The van der Waals surface area contributed by atoms with Crippen molar-refractivity contribution in [2.75, 3.05) is 23.3 Å². The summed E-state index contributed by atoms with van der Waals surface area (Å²) in [6, 6.07) is 16.2. The molecule has 1 fully saturated rings. The Morgan fingerprint density at radius 3 is 2.43 bits per heavy atom. The second kappa shape index (κ2) is 7.74. The molecule has 0 unspecified atom stereocenters. The minimum atomic E-state index is -0.270. The summed E-state index contributed by atoms with van der Waals surface area (Å²) in [6.07, 6.45) is 4.02. The summed E-state index contributed by atoms with van der Waals surface area (Å²) in [4.78, 5) is 12.0. The number of nitrogens with zero attached hydrogens (tertiary/aromatic N) is 5. The number of hydrogen-bond acceptors (Lipinski definition) is 5. The van der Waals surface area contributed by atoms with Gasteiger partial charge in [-0.3, -0.25) is 0 Å². The van der Waals surface area contributed by atoms with Crippen molar-refractivity contribution in [3.8, 4) is 5.69 Å². The lowest BCUT2D eigenvalue weighted by molar-refractivity contribution is 0.434. The molecular weight excluding hydrogens is 379 g/mol. The summed E-state index contributed by atoms with van der Waals surface area (Å²) in [7, 11) is 0. The molecule has 0 atom stereocenters. The summed E-state index contributed by atoms with van der Waals surface area (Å²) >= 11 is 0. The molecule has 3 heterocycles. The molecule has 0 amide bonds. The van der Waals surface area contributed by atoms with E-state index in [1.807, 2.05) is 35.0 Å². The molecule has 2 aromatic heterocycles. The molecule has 1 aliphatic heterocycles. The van der Waals surface area contributed by atoms with E-state index in [9.17, 15) is 4.39 Å². The van der Waals surface area contributed by atoms with Crippen LogP contribution in [-0.2, 0) is 0 Å². The molecule has 2 aromatic carbocycles. The minimum Gasteiger partial charge on any atom is -0.341 e. The highest BCUT2D eigenvalue weighted by Gasteiger charge is 2.21. The topological polar surface area (TPSA) is 58.9 Å². The molecule has 30 heavy (non-hydrogen) atoms. The van der Waals surface area contributed by atoms with Crippen LogP contribution in [0.25, 0.3) is 16.7 Å². The molecule has 0 aliphatic carbocycles. The monoisotopic (exact) mass is 402 g/mol. The first-order chi connectivity index (χ1) is 14.7. The van der Waals surface area contributed by atoms with Gasteiger partial charge < -0.3 is 10.2 Å². The van der Waals surface area contributed by atoms with E-state index in [1.54, 1.807) is 18.3 Å². The van der Waals surface area contributed by atoms with Gasteiger partial charge >= 0.3 is 0 Å². The summed E-state index contributed by atoms with van der Waals surface area (Å²) < 4.78 is 15.2. The number of para-hydroxylation sites is 1. The maximum Gasteiger partial charge on any atom is 0.229 e. The molecule has 0 saturated carbocycles. The van der Waals surface area contributed by atoms with Crippen LogP contribution in [0.2, 0.25) is 0 Å². The molecule has 152 valence electrons. The number of halogens is 1. The Morgan fingerprint density at radius 1 is 0.967 bits per heavy atom. The van der Waals surface area contributed by atoms with Crippen molar-refractivity contribution in [1.82, 2.24) is 19.7 Å². The molecule has 0 spiro atoms. The molecule has 0 radical (unpaired) electrons. The maximum atomic E-state index is 13.3. The van der Waals surface area contributed by atoms with Gasteiger partial charge in [0.1, 0.15) is 11.6 Å². The average molecular weight is 402 g/mol. The van der Waals surface area contributed by atoms with Gasteiger partial charge in [-0.2, -0.15) is 15.1 Å². The lowest BCUT2D eigenvalue weighted by Gasteiger charge is -2.30. The fourth-order valence-electron chi connectivity index (χ4n) is 3.77. The summed E-state index contributed by atoms with van der Waals surface area (Å²) in [5.41, 5.74) is 2.45. The lowest BCUT2D eigenvalue weighted by Crippen LogP contribution is -2.34. The first-order valence-corrected chi connectivity index (χ1v) is 10.3. The number of benzene rings is 2. The quantitative estimate of drug-likeness (QED) is 0.524. The van der Waals surface area contributed by atoms with Crippen molar-refractivity contribution in [3.63, 3.8) is 0 Å². The third kappa shape index (κ3) is 3.58. The van der Waals surface area contributed by atoms with Crippen molar-refractivity contribution >= 4 is 28.5 Å². The molecule has 5 rings (SSSR count). The van der Waals surface area contributed by atoms with Crippen LogP contribution in [0, 0.1) is 11.7 Å². The number of fused-ring (bicyclic) bond motifs is 1. The Morgan fingerprint density at radius 2 is 1.70 bits per heavy atom. The average Bonchev–Trinajstić information content (AvgIpc) is 3.21. The zero-order valence-corrected chi connectivity index (χ0v) is 16.8. The van der Waals surface area contributed by atoms with Crippen molar-refractivity contribution in [2.45, 2.75) is 19.8 Å². The van der Waals surface area contributed by atoms with Gasteiger partial charge in [-0.1, -0.05) is 25.1 Å². The van der Waals surface area contributed by atoms with Gasteiger partial charge in [0, 0.05) is 18.8 Å². The van der Waals surface area contributed by atoms with Crippen LogP contribution < -0.4 is 10.2 Å². The van der Waals surface area contributed by atoms with E-state index >= 15 is 0 Å². The predicted octanol–water partition coefficient (Wildman–Crippen LogP) is 4.93.